The molecule has 1 saturated heterocycles. The highest BCUT2D eigenvalue weighted by atomic mass is 32.2. The van der Waals surface area contributed by atoms with Crippen molar-refractivity contribution in [2.24, 2.45) is 0 Å². The first kappa shape index (κ1) is 14.7. The third-order valence-electron chi connectivity index (χ3n) is 3.98. The minimum Gasteiger partial charge on any atom is -0.398 e. The molecule has 4 nitrogen and oxygen atoms in total. The zero-order valence-electron chi connectivity index (χ0n) is 12.3. The van der Waals surface area contributed by atoms with Crippen molar-refractivity contribution in [3.63, 3.8) is 0 Å². The van der Waals surface area contributed by atoms with Crippen molar-refractivity contribution in [3.05, 3.63) is 17.8 Å². The van der Waals surface area contributed by atoms with Crippen LogP contribution < -0.4 is 5.59 Å². The number of rotatable bonds is 2. The van der Waals surface area contributed by atoms with E-state index in [4.69, 9.17) is 9.31 Å². The summed E-state index contributed by atoms with van der Waals surface area (Å²) < 4.78 is 23.7. The highest BCUT2D eigenvalue weighted by molar-refractivity contribution is 7.84. The smallest absolute Gasteiger partial charge is 0.398 e. The molecule has 6 heteroatoms. The lowest BCUT2D eigenvalue weighted by Crippen LogP contribution is -2.41. The Morgan fingerprint density at radius 2 is 1.74 bits per heavy atom. The molecule has 1 unspecified atom stereocenters. The fourth-order valence-corrected chi connectivity index (χ4v) is 2.83. The van der Waals surface area contributed by atoms with Crippen LogP contribution in [0.5, 0.6) is 0 Å². The average Bonchev–Trinajstić information content (AvgIpc) is 2.47. The lowest BCUT2D eigenvalue weighted by molar-refractivity contribution is 0.00578. The van der Waals surface area contributed by atoms with E-state index >= 15 is 0 Å². The molecule has 2 heterocycles. The summed E-state index contributed by atoms with van der Waals surface area (Å²) >= 11 is 0. The van der Waals surface area contributed by atoms with Gasteiger partial charge in [-0.05, 0) is 46.2 Å². The molecule has 0 spiro atoms. The van der Waals surface area contributed by atoms with Crippen LogP contribution in [0.3, 0.4) is 0 Å². The summed E-state index contributed by atoms with van der Waals surface area (Å²) in [5.74, 6) is 0. The molecule has 1 atom stereocenters. The van der Waals surface area contributed by atoms with Crippen LogP contribution in [0.1, 0.15) is 33.3 Å². The van der Waals surface area contributed by atoms with Crippen LogP contribution in [0.2, 0.25) is 0 Å². The zero-order chi connectivity index (χ0) is 14.4. The van der Waals surface area contributed by atoms with E-state index in [0.717, 1.165) is 10.5 Å². The number of aromatic nitrogens is 1. The van der Waals surface area contributed by atoms with Crippen molar-refractivity contribution in [2.75, 3.05) is 6.26 Å². The second-order valence-electron chi connectivity index (χ2n) is 5.86. The SMILES string of the molecule is Cc1c(S(C)=O)ccnc1B1OC(C)(C)C(C)(C)O1. The van der Waals surface area contributed by atoms with Crippen LogP contribution in [0.4, 0.5) is 0 Å². The van der Waals surface area contributed by atoms with E-state index in [0.29, 0.717) is 5.59 Å². The molecule has 1 fully saturated rings. The van der Waals surface area contributed by atoms with Gasteiger partial charge in [0, 0.05) is 17.3 Å². The van der Waals surface area contributed by atoms with E-state index in [9.17, 15) is 4.21 Å². The van der Waals surface area contributed by atoms with Gasteiger partial charge in [-0.3, -0.25) is 9.19 Å². The van der Waals surface area contributed by atoms with Gasteiger partial charge in [0.1, 0.15) is 0 Å². The summed E-state index contributed by atoms with van der Waals surface area (Å²) in [6.45, 7) is 9.92. The van der Waals surface area contributed by atoms with Crippen molar-refractivity contribution in [2.45, 2.75) is 50.7 Å². The Morgan fingerprint density at radius 1 is 1.21 bits per heavy atom. The molecule has 0 aliphatic carbocycles. The Balaban J connectivity index is 2.40. The quantitative estimate of drug-likeness (QED) is 0.769. The van der Waals surface area contributed by atoms with Crippen molar-refractivity contribution in [3.8, 4) is 0 Å². The fourth-order valence-electron chi connectivity index (χ4n) is 2.04. The van der Waals surface area contributed by atoms with Gasteiger partial charge < -0.3 is 9.31 Å². The molecule has 2 rings (SSSR count). The molecule has 0 bridgehead atoms. The lowest BCUT2D eigenvalue weighted by atomic mass is 9.81. The van der Waals surface area contributed by atoms with Crippen LogP contribution in [-0.4, -0.2) is 33.8 Å². The van der Waals surface area contributed by atoms with Gasteiger partial charge in [0.25, 0.3) is 0 Å². The minimum atomic E-state index is -1.04. The van der Waals surface area contributed by atoms with Crippen molar-refractivity contribution in [1.82, 2.24) is 4.98 Å². The van der Waals surface area contributed by atoms with Gasteiger partial charge in [-0.15, -0.1) is 0 Å². The standard InChI is InChI=1S/C13H20BNO3S/c1-9-10(19(6)16)7-8-15-11(9)14-17-12(2,3)13(4,5)18-14/h7-8H,1-6H3. The van der Waals surface area contributed by atoms with E-state index < -0.39 is 29.1 Å². The topological polar surface area (TPSA) is 48.4 Å². The highest BCUT2D eigenvalue weighted by Crippen LogP contribution is 2.36. The molecule has 1 aliphatic heterocycles. The fraction of sp³-hybridized carbons (Fsp3) is 0.615. The van der Waals surface area contributed by atoms with Gasteiger partial charge in [-0.2, -0.15) is 0 Å². The number of hydrogen-bond acceptors (Lipinski definition) is 4. The summed E-state index contributed by atoms with van der Waals surface area (Å²) in [5.41, 5.74) is 0.800. The Hall–Kier alpha value is -0.715. The van der Waals surface area contributed by atoms with Gasteiger partial charge in [0.05, 0.1) is 27.6 Å². The Bertz CT molecular complexity index is 515. The molecule has 1 aromatic rings. The van der Waals surface area contributed by atoms with Gasteiger partial charge in [-0.25, -0.2) is 0 Å². The second-order valence-corrected chi connectivity index (χ2v) is 7.21. The van der Waals surface area contributed by atoms with Crippen LogP contribution in [-0.2, 0) is 20.1 Å². The Labute approximate surface area is 117 Å². The Kier molecular flexibility index (Phi) is 3.62. The maximum absolute atomic E-state index is 11.7. The summed E-state index contributed by atoms with van der Waals surface area (Å²) in [6, 6.07) is 1.78. The molecule has 0 radical (unpaired) electrons. The summed E-state index contributed by atoms with van der Waals surface area (Å²) in [5, 5.41) is 0. The van der Waals surface area contributed by atoms with Crippen molar-refractivity contribution < 1.29 is 13.5 Å². The number of nitrogens with zero attached hydrogens (tertiary/aromatic N) is 1. The van der Waals surface area contributed by atoms with Crippen LogP contribution in [0.15, 0.2) is 17.2 Å². The van der Waals surface area contributed by atoms with Gasteiger partial charge in [0.2, 0.25) is 0 Å². The van der Waals surface area contributed by atoms with Gasteiger partial charge in [0.15, 0.2) is 0 Å². The van der Waals surface area contributed by atoms with Crippen molar-refractivity contribution in [1.29, 1.82) is 0 Å². The summed E-state index contributed by atoms with van der Waals surface area (Å²) in [4.78, 5) is 5.13. The number of hydrogen-bond donors (Lipinski definition) is 0. The maximum atomic E-state index is 11.7. The maximum Gasteiger partial charge on any atom is 0.514 e. The monoisotopic (exact) mass is 281 g/mol. The number of pyridine rings is 1. The molecular weight excluding hydrogens is 261 g/mol. The van der Waals surface area contributed by atoms with E-state index in [1.807, 2.05) is 34.6 Å². The zero-order valence-corrected chi connectivity index (χ0v) is 13.1. The molecule has 0 N–H and O–H groups in total. The third-order valence-corrected chi connectivity index (χ3v) is 5.04. The predicted octanol–water partition coefficient (Wildman–Crippen LogP) is 1.43. The largest absolute Gasteiger partial charge is 0.514 e. The van der Waals surface area contributed by atoms with Gasteiger partial charge in [-0.1, -0.05) is 0 Å². The molecule has 0 amide bonds. The molecule has 1 aromatic heterocycles. The van der Waals surface area contributed by atoms with Crippen LogP contribution in [0, 0.1) is 6.92 Å². The first-order chi connectivity index (χ1) is 8.66. The molecule has 0 aromatic carbocycles. The van der Waals surface area contributed by atoms with Gasteiger partial charge >= 0.3 is 7.12 Å². The summed E-state index contributed by atoms with van der Waals surface area (Å²) in [7, 11) is -1.55. The minimum absolute atomic E-state index is 0.396. The average molecular weight is 281 g/mol. The lowest BCUT2D eigenvalue weighted by Gasteiger charge is -2.32. The molecular formula is C13H20BNO3S. The highest BCUT2D eigenvalue weighted by Gasteiger charge is 2.52. The first-order valence-corrected chi connectivity index (χ1v) is 7.86. The summed E-state index contributed by atoms with van der Waals surface area (Å²) in [6.07, 6.45) is 3.32. The normalized spacial score (nSPS) is 22.5. The predicted molar refractivity (Wildman–Crippen MR) is 77.0 cm³/mol. The van der Waals surface area contributed by atoms with E-state index in [-0.39, 0.29) is 0 Å². The van der Waals surface area contributed by atoms with Crippen LogP contribution >= 0.6 is 0 Å². The van der Waals surface area contributed by atoms with Crippen molar-refractivity contribution >= 4 is 23.5 Å². The first-order valence-electron chi connectivity index (χ1n) is 6.30. The second kappa shape index (κ2) is 4.68. The van der Waals surface area contributed by atoms with E-state index in [2.05, 4.69) is 4.98 Å². The van der Waals surface area contributed by atoms with E-state index in [1.165, 1.54) is 0 Å². The Morgan fingerprint density at radius 3 is 2.21 bits per heavy atom. The molecule has 104 valence electrons. The third kappa shape index (κ3) is 2.49. The van der Waals surface area contributed by atoms with E-state index in [1.54, 1.807) is 18.5 Å². The van der Waals surface area contributed by atoms with Crippen LogP contribution in [0.25, 0.3) is 0 Å². The molecule has 1 aliphatic rings. The molecule has 0 saturated carbocycles. The molecule has 19 heavy (non-hydrogen) atoms.